The third-order valence-corrected chi connectivity index (χ3v) is 3.00. The molecule has 2 rings (SSSR count). The molecule has 0 aliphatic carbocycles. The first-order chi connectivity index (χ1) is 7.79. The molecule has 2 heterocycles. The molecule has 0 bridgehead atoms. The van der Waals surface area contributed by atoms with E-state index >= 15 is 0 Å². The van der Waals surface area contributed by atoms with Gasteiger partial charge in [-0.2, -0.15) is 0 Å². The summed E-state index contributed by atoms with van der Waals surface area (Å²) in [7, 11) is 0. The fraction of sp³-hybridized carbons (Fsp3) is 0.364. The van der Waals surface area contributed by atoms with E-state index in [9.17, 15) is 4.79 Å². The Morgan fingerprint density at radius 2 is 2.38 bits per heavy atom. The fourth-order valence-electron chi connectivity index (χ4n) is 1.44. The lowest BCUT2D eigenvalue weighted by atomic mass is 10.2. The maximum Gasteiger partial charge on any atom is 0.251 e. The van der Waals surface area contributed by atoms with Gasteiger partial charge in [0.15, 0.2) is 10.8 Å². The first kappa shape index (κ1) is 11.0. The molecular weight excluding hydrogens is 222 g/mol. The van der Waals surface area contributed by atoms with Crippen LogP contribution in [-0.4, -0.2) is 15.0 Å². The number of nitrogens with zero attached hydrogens (tertiary/aromatic N) is 2. The molecule has 2 aromatic rings. The van der Waals surface area contributed by atoms with E-state index in [1.54, 1.807) is 12.3 Å². The van der Waals surface area contributed by atoms with Crippen LogP contribution in [0.1, 0.15) is 25.5 Å². The van der Waals surface area contributed by atoms with Gasteiger partial charge in [-0.15, -0.1) is 11.3 Å². The fourth-order valence-corrected chi connectivity index (χ4v) is 2.02. The molecular formula is C11H13N3OS. The monoisotopic (exact) mass is 235 g/mol. The van der Waals surface area contributed by atoms with Crippen molar-refractivity contribution in [2.75, 3.05) is 0 Å². The summed E-state index contributed by atoms with van der Waals surface area (Å²) in [6.07, 6.45) is 4.70. The Morgan fingerprint density at radius 3 is 3.06 bits per heavy atom. The summed E-state index contributed by atoms with van der Waals surface area (Å²) >= 11 is 1.47. The number of nitrogens with one attached hydrogen (secondary N) is 1. The van der Waals surface area contributed by atoms with Crippen LogP contribution < -0.4 is 5.56 Å². The van der Waals surface area contributed by atoms with E-state index in [0.717, 1.165) is 30.0 Å². The molecule has 0 radical (unpaired) electrons. The van der Waals surface area contributed by atoms with Gasteiger partial charge in [-0.3, -0.25) is 4.79 Å². The molecule has 16 heavy (non-hydrogen) atoms. The van der Waals surface area contributed by atoms with Crippen LogP contribution in [0.4, 0.5) is 0 Å². The summed E-state index contributed by atoms with van der Waals surface area (Å²) in [5.74, 6) is 0.577. The Balaban J connectivity index is 2.33. The summed E-state index contributed by atoms with van der Waals surface area (Å²) < 4.78 is 0. The largest absolute Gasteiger partial charge is 0.304 e. The molecule has 0 amide bonds. The molecule has 1 N–H and O–H groups in total. The first-order valence-corrected chi connectivity index (χ1v) is 6.17. The number of unbranched alkanes of at least 4 members (excludes halogenated alkanes) is 1. The van der Waals surface area contributed by atoms with Crippen LogP contribution in [0.15, 0.2) is 22.4 Å². The van der Waals surface area contributed by atoms with Crippen molar-refractivity contribution >= 4 is 11.3 Å². The van der Waals surface area contributed by atoms with Crippen molar-refractivity contribution in [3.05, 3.63) is 33.7 Å². The molecule has 84 valence electrons. The predicted octanol–water partition coefficient (Wildman–Crippen LogP) is 2.24. The SMILES string of the molecule is CCCCc1cc(=O)[nH]c(-c2nccs2)n1. The van der Waals surface area contributed by atoms with Gasteiger partial charge >= 0.3 is 0 Å². The molecule has 0 spiro atoms. The zero-order chi connectivity index (χ0) is 11.4. The third kappa shape index (κ3) is 2.55. The van der Waals surface area contributed by atoms with Gasteiger partial charge in [0.1, 0.15) is 0 Å². The Labute approximate surface area is 97.4 Å². The molecule has 0 saturated carbocycles. The van der Waals surface area contributed by atoms with Crippen LogP contribution in [0.2, 0.25) is 0 Å². The number of hydrogen-bond acceptors (Lipinski definition) is 4. The molecule has 0 aliphatic heterocycles. The van der Waals surface area contributed by atoms with Crippen molar-refractivity contribution in [1.82, 2.24) is 15.0 Å². The van der Waals surface area contributed by atoms with Crippen LogP contribution >= 0.6 is 11.3 Å². The standard InChI is InChI=1S/C11H13N3OS/c1-2-3-4-8-7-9(15)14-10(13-8)11-12-5-6-16-11/h5-7H,2-4H2,1H3,(H,13,14,15). The minimum absolute atomic E-state index is 0.105. The van der Waals surface area contributed by atoms with Crippen LogP contribution in [0, 0.1) is 0 Å². The molecule has 4 nitrogen and oxygen atoms in total. The Kier molecular flexibility index (Phi) is 3.46. The summed E-state index contributed by atoms with van der Waals surface area (Å²) in [6, 6.07) is 1.56. The minimum Gasteiger partial charge on any atom is -0.304 e. The molecule has 0 unspecified atom stereocenters. The average Bonchev–Trinajstić information content (AvgIpc) is 2.79. The lowest BCUT2D eigenvalue weighted by Crippen LogP contribution is -2.10. The van der Waals surface area contributed by atoms with Gasteiger partial charge in [-0.05, 0) is 12.8 Å². The van der Waals surface area contributed by atoms with E-state index in [0.29, 0.717) is 5.82 Å². The Hall–Kier alpha value is -1.49. The second-order valence-electron chi connectivity index (χ2n) is 3.53. The molecule has 2 aromatic heterocycles. The van der Waals surface area contributed by atoms with Gasteiger partial charge < -0.3 is 4.98 Å². The minimum atomic E-state index is -0.105. The summed E-state index contributed by atoms with van der Waals surface area (Å²) in [5.41, 5.74) is 0.738. The Morgan fingerprint density at radius 1 is 1.50 bits per heavy atom. The maximum atomic E-state index is 11.5. The van der Waals surface area contributed by atoms with Crippen LogP contribution in [0.25, 0.3) is 10.8 Å². The second kappa shape index (κ2) is 5.03. The molecule has 0 aliphatic rings. The Bertz CT molecular complexity index is 504. The zero-order valence-electron chi connectivity index (χ0n) is 9.06. The van der Waals surface area contributed by atoms with Gasteiger partial charge in [0.2, 0.25) is 0 Å². The molecule has 0 aromatic carbocycles. The van der Waals surface area contributed by atoms with Crippen LogP contribution in [0.3, 0.4) is 0 Å². The zero-order valence-corrected chi connectivity index (χ0v) is 9.88. The molecule has 5 heteroatoms. The number of thiazole rings is 1. The number of aryl methyl sites for hydroxylation is 1. The quantitative estimate of drug-likeness (QED) is 0.884. The summed E-state index contributed by atoms with van der Waals surface area (Å²) in [6.45, 7) is 2.12. The highest BCUT2D eigenvalue weighted by Gasteiger charge is 2.05. The van der Waals surface area contributed by atoms with E-state index < -0.39 is 0 Å². The van der Waals surface area contributed by atoms with Crippen molar-refractivity contribution in [2.45, 2.75) is 26.2 Å². The lowest BCUT2D eigenvalue weighted by Gasteiger charge is -2.00. The number of H-pyrrole nitrogens is 1. The lowest BCUT2D eigenvalue weighted by molar-refractivity contribution is 0.772. The van der Waals surface area contributed by atoms with E-state index in [-0.39, 0.29) is 5.56 Å². The average molecular weight is 235 g/mol. The predicted molar refractivity (Wildman–Crippen MR) is 64.6 cm³/mol. The summed E-state index contributed by atoms with van der Waals surface area (Å²) in [4.78, 5) is 22.7. The number of rotatable bonds is 4. The highest BCUT2D eigenvalue weighted by atomic mass is 32.1. The maximum absolute atomic E-state index is 11.5. The van der Waals surface area contributed by atoms with Crippen LogP contribution in [-0.2, 0) is 6.42 Å². The molecule has 0 atom stereocenters. The second-order valence-corrected chi connectivity index (χ2v) is 4.42. The number of aromatic nitrogens is 3. The summed E-state index contributed by atoms with van der Waals surface area (Å²) in [5, 5.41) is 2.63. The van der Waals surface area contributed by atoms with E-state index in [1.807, 2.05) is 5.38 Å². The number of hydrogen-bond donors (Lipinski definition) is 1. The van der Waals surface area contributed by atoms with Crippen molar-refractivity contribution in [2.24, 2.45) is 0 Å². The van der Waals surface area contributed by atoms with Crippen molar-refractivity contribution < 1.29 is 0 Å². The van der Waals surface area contributed by atoms with Crippen molar-refractivity contribution in [3.8, 4) is 10.8 Å². The smallest absolute Gasteiger partial charge is 0.251 e. The third-order valence-electron chi connectivity index (χ3n) is 2.22. The van der Waals surface area contributed by atoms with Gasteiger partial charge in [0, 0.05) is 23.3 Å². The van der Waals surface area contributed by atoms with Crippen LogP contribution in [0.5, 0.6) is 0 Å². The van der Waals surface area contributed by atoms with E-state index in [4.69, 9.17) is 0 Å². The van der Waals surface area contributed by atoms with E-state index in [1.165, 1.54) is 11.3 Å². The molecule has 0 fully saturated rings. The van der Waals surface area contributed by atoms with Crippen molar-refractivity contribution in [1.29, 1.82) is 0 Å². The number of aromatic amines is 1. The topological polar surface area (TPSA) is 58.6 Å². The normalized spacial score (nSPS) is 10.6. The van der Waals surface area contributed by atoms with Gasteiger partial charge in [0.25, 0.3) is 5.56 Å². The molecule has 0 saturated heterocycles. The highest BCUT2D eigenvalue weighted by molar-refractivity contribution is 7.12. The van der Waals surface area contributed by atoms with Crippen molar-refractivity contribution in [3.63, 3.8) is 0 Å². The van der Waals surface area contributed by atoms with E-state index in [2.05, 4.69) is 21.9 Å². The van der Waals surface area contributed by atoms with Gasteiger partial charge in [-0.1, -0.05) is 13.3 Å². The van der Waals surface area contributed by atoms with Gasteiger partial charge in [-0.25, -0.2) is 9.97 Å². The highest BCUT2D eigenvalue weighted by Crippen LogP contribution is 2.16. The van der Waals surface area contributed by atoms with Gasteiger partial charge in [0.05, 0.1) is 0 Å². The first-order valence-electron chi connectivity index (χ1n) is 5.29.